The monoisotopic (exact) mass is 275 g/mol. The van der Waals surface area contributed by atoms with E-state index in [4.69, 9.17) is 0 Å². The first-order chi connectivity index (χ1) is 9.70. The zero-order valence-corrected chi connectivity index (χ0v) is 12.6. The van der Waals surface area contributed by atoms with E-state index in [0.29, 0.717) is 0 Å². The zero-order chi connectivity index (χ0) is 14.4. The van der Waals surface area contributed by atoms with Crippen molar-refractivity contribution in [2.75, 3.05) is 25.0 Å². The Morgan fingerprint density at radius 3 is 2.60 bits per heavy atom. The van der Waals surface area contributed by atoms with Gasteiger partial charge >= 0.3 is 0 Å². The molecule has 0 spiro atoms. The van der Waals surface area contributed by atoms with Crippen molar-refractivity contribution in [1.82, 2.24) is 9.88 Å². The summed E-state index contributed by atoms with van der Waals surface area (Å²) in [6.07, 6.45) is 5.77. The molecule has 1 fully saturated rings. The molecule has 0 unspecified atom stereocenters. The van der Waals surface area contributed by atoms with Gasteiger partial charge in [0.15, 0.2) is 0 Å². The number of carbonyl (C=O) groups excluding carboxylic acids is 1. The molecule has 2 heterocycles. The van der Waals surface area contributed by atoms with Crippen LogP contribution in [0.25, 0.3) is 0 Å². The fraction of sp³-hybridized carbons (Fsp3) is 0.625. The van der Waals surface area contributed by atoms with E-state index in [9.17, 15) is 4.79 Å². The molecule has 2 rings (SSSR count). The molecular weight excluding hydrogens is 250 g/mol. The molecule has 0 bridgehead atoms. The van der Waals surface area contributed by atoms with E-state index in [-0.39, 0.29) is 5.91 Å². The molecule has 20 heavy (non-hydrogen) atoms. The molecular formula is C16H25N3O. The number of hydrogen-bond acceptors (Lipinski definition) is 3. The number of carbonyl (C=O) groups is 1. The Morgan fingerprint density at radius 2 is 1.95 bits per heavy atom. The topological polar surface area (TPSA) is 45.2 Å². The summed E-state index contributed by atoms with van der Waals surface area (Å²) in [5.74, 6) is 0.960. The highest BCUT2D eigenvalue weighted by Crippen LogP contribution is 2.16. The third kappa shape index (κ3) is 3.95. The van der Waals surface area contributed by atoms with E-state index >= 15 is 0 Å². The summed E-state index contributed by atoms with van der Waals surface area (Å²) in [4.78, 5) is 19.0. The number of hydrogen-bond donors (Lipinski definition) is 1. The van der Waals surface area contributed by atoms with Gasteiger partial charge in [-0.1, -0.05) is 19.8 Å². The molecule has 1 saturated heterocycles. The Bertz CT molecular complexity index is 451. The van der Waals surface area contributed by atoms with Crippen LogP contribution < -0.4 is 5.32 Å². The lowest BCUT2D eigenvalue weighted by Gasteiger charge is -2.20. The van der Waals surface area contributed by atoms with E-state index in [1.807, 2.05) is 24.0 Å². The van der Waals surface area contributed by atoms with Gasteiger partial charge in [-0.2, -0.15) is 0 Å². The lowest BCUT2D eigenvalue weighted by Crippen LogP contribution is -2.32. The minimum absolute atomic E-state index is 0.150. The minimum Gasteiger partial charge on any atom is -0.370 e. The van der Waals surface area contributed by atoms with Crippen molar-refractivity contribution in [2.24, 2.45) is 0 Å². The average molecular weight is 275 g/mol. The van der Waals surface area contributed by atoms with Gasteiger partial charge in [0.25, 0.3) is 5.91 Å². The van der Waals surface area contributed by atoms with Gasteiger partial charge in [0.05, 0.1) is 0 Å². The van der Waals surface area contributed by atoms with Gasteiger partial charge in [0, 0.05) is 30.9 Å². The lowest BCUT2D eigenvalue weighted by atomic mass is 10.2. The summed E-state index contributed by atoms with van der Waals surface area (Å²) in [5, 5.41) is 3.26. The van der Waals surface area contributed by atoms with Crippen molar-refractivity contribution in [2.45, 2.75) is 46.0 Å². The van der Waals surface area contributed by atoms with Crippen LogP contribution in [0.2, 0.25) is 0 Å². The molecule has 1 aromatic heterocycles. The third-order valence-corrected chi connectivity index (χ3v) is 3.65. The number of nitrogens with zero attached hydrogens (tertiary/aromatic N) is 2. The molecule has 1 aliphatic rings. The number of aryl methyl sites for hydroxylation is 1. The van der Waals surface area contributed by atoms with Crippen molar-refractivity contribution in [3.8, 4) is 0 Å². The lowest BCUT2D eigenvalue weighted by molar-refractivity contribution is 0.0761. The number of aromatic nitrogens is 1. The second kappa shape index (κ2) is 7.27. The van der Waals surface area contributed by atoms with Crippen molar-refractivity contribution in [3.63, 3.8) is 0 Å². The SMILES string of the molecule is CCCNc1cc(C(=O)N2CCCCCC2)cc(C)n1. The first kappa shape index (κ1) is 14.8. The summed E-state index contributed by atoms with van der Waals surface area (Å²) in [6, 6.07) is 3.78. The molecule has 1 N–H and O–H groups in total. The largest absolute Gasteiger partial charge is 0.370 e. The van der Waals surface area contributed by atoms with Crippen LogP contribution in [0.15, 0.2) is 12.1 Å². The zero-order valence-electron chi connectivity index (χ0n) is 12.6. The molecule has 0 saturated carbocycles. The van der Waals surface area contributed by atoms with Crippen molar-refractivity contribution >= 4 is 11.7 Å². The molecule has 0 atom stereocenters. The number of rotatable bonds is 4. The predicted molar refractivity (Wildman–Crippen MR) is 82.1 cm³/mol. The second-order valence-corrected chi connectivity index (χ2v) is 5.52. The molecule has 0 aliphatic carbocycles. The van der Waals surface area contributed by atoms with E-state index in [2.05, 4.69) is 17.2 Å². The van der Waals surface area contributed by atoms with Crippen molar-refractivity contribution < 1.29 is 4.79 Å². The summed E-state index contributed by atoms with van der Waals surface area (Å²) in [6.45, 7) is 6.71. The van der Waals surface area contributed by atoms with Crippen LogP contribution in [-0.2, 0) is 0 Å². The molecule has 110 valence electrons. The van der Waals surface area contributed by atoms with E-state index < -0.39 is 0 Å². The molecule has 1 aromatic rings. The summed E-state index contributed by atoms with van der Waals surface area (Å²) < 4.78 is 0. The molecule has 1 amide bonds. The van der Waals surface area contributed by atoms with E-state index in [0.717, 1.165) is 56.0 Å². The van der Waals surface area contributed by atoms with Crippen molar-refractivity contribution in [1.29, 1.82) is 0 Å². The summed E-state index contributed by atoms with van der Waals surface area (Å²) >= 11 is 0. The Kier molecular flexibility index (Phi) is 5.39. The Labute approximate surface area is 121 Å². The first-order valence-corrected chi connectivity index (χ1v) is 7.72. The minimum atomic E-state index is 0.150. The highest BCUT2D eigenvalue weighted by atomic mass is 16.2. The molecule has 4 nitrogen and oxygen atoms in total. The molecule has 0 radical (unpaired) electrons. The van der Waals surface area contributed by atoms with Gasteiger partial charge < -0.3 is 10.2 Å². The van der Waals surface area contributed by atoms with Crippen LogP contribution in [0.1, 0.15) is 55.1 Å². The number of nitrogens with one attached hydrogen (secondary N) is 1. The normalized spacial score (nSPS) is 15.8. The average Bonchev–Trinajstić information content (AvgIpc) is 2.72. The Balaban J connectivity index is 2.13. The van der Waals surface area contributed by atoms with Gasteiger partial charge in [-0.05, 0) is 38.3 Å². The number of anilines is 1. The second-order valence-electron chi connectivity index (χ2n) is 5.52. The number of pyridine rings is 1. The van der Waals surface area contributed by atoms with Crippen LogP contribution in [0.4, 0.5) is 5.82 Å². The highest BCUT2D eigenvalue weighted by molar-refractivity contribution is 5.95. The van der Waals surface area contributed by atoms with Gasteiger partial charge in [-0.3, -0.25) is 4.79 Å². The fourth-order valence-corrected chi connectivity index (χ4v) is 2.59. The van der Waals surface area contributed by atoms with Gasteiger partial charge in [-0.15, -0.1) is 0 Å². The number of likely N-dealkylation sites (tertiary alicyclic amines) is 1. The van der Waals surface area contributed by atoms with E-state index in [1.165, 1.54) is 12.8 Å². The third-order valence-electron chi connectivity index (χ3n) is 3.65. The summed E-state index contributed by atoms with van der Waals surface area (Å²) in [7, 11) is 0. The Morgan fingerprint density at radius 1 is 1.25 bits per heavy atom. The number of amides is 1. The first-order valence-electron chi connectivity index (χ1n) is 7.72. The maximum atomic E-state index is 12.6. The molecule has 1 aliphatic heterocycles. The van der Waals surface area contributed by atoms with Crippen LogP contribution in [0, 0.1) is 6.92 Å². The Hall–Kier alpha value is -1.58. The van der Waals surface area contributed by atoms with Gasteiger partial charge in [-0.25, -0.2) is 4.98 Å². The maximum Gasteiger partial charge on any atom is 0.254 e. The van der Waals surface area contributed by atoms with Crippen LogP contribution in [-0.4, -0.2) is 35.4 Å². The quantitative estimate of drug-likeness (QED) is 0.917. The predicted octanol–water partition coefficient (Wildman–Crippen LogP) is 3.23. The van der Waals surface area contributed by atoms with Crippen LogP contribution in [0.5, 0.6) is 0 Å². The standard InChI is InChI=1S/C16H25N3O/c1-3-8-17-15-12-14(11-13(2)18-15)16(20)19-9-6-4-5-7-10-19/h11-12H,3-10H2,1-2H3,(H,17,18). The highest BCUT2D eigenvalue weighted by Gasteiger charge is 2.18. The molecule has 4 heteroatoms. The van der Waals surface area contributed by atoms with Crippen LogP contribution in [0.3, 0.4) is 0 Å². The molecule has 0 aromatic carbocycles. The smallest absolute Gasteiger partial charge is 0.254 e. The van der Waals surface area contributed by atoms with Gasteiger partial charge in [0.2, 0.25) is 0 Å². The van der Waals surface area contributed by atoms with E-state index in [1.54, 1.807) is 0 Å². The summed E-state index contributed by atoms with van der Waals surface area (Å²) in [5.41, 5.74) is 1.65. The van der Waals surface area contributed by atoms with Gasteiger partial charge in [0.1, 0.15) is 5.82 Å². The fourth-order valence-electron chi connectivity index (χ4n) is 2.59. The maximum absolute atomic E-state index is 12.6. The van der Waals surface area contributed by atoms with Crippen LogP contribution >= 0.6 is 0 Å². The van der Waals surface area contributed by atoms with Crippen molar-refractivity contribution in [3.05, 3.63) is 23.4 Å².